The Morgan fingerprint density at radius 1 is 1.18 bits per heavy atom. The molecule has 1 unspecified atom stereocenters. The number of imide groups is 2. The van der Waals surface area contributed by atoms with Gasteiger partial charge in [-0.05, 0) is 25.5 Å². The van der Waals surface area contributed by atoms with E-state index in [1.807, 2.05) is 0 Å². The average Bonchev–Trinajstić information content (AvgIpc) is 2.73. The number of nitrogens with zero attached hydrogens (tertiary/aromatic N) is 1. The van der Waals surface area contributed by atoms with Crippen LogP contribution in [0.2, 0.25) is 0 Å². The van der Waals surface area contributed by atoms with E-state index in [2.05, 4.69) is 17.2 Å². The van der Waals surface area contributed by atoms with Gasteiger partial charge in [-0.25, -0.2) is 0 Å². The molecular weight excluding hydrogens is 284 g/mol. The Labute approximate surface area is 126 Å². The lowest BCUT2D eigenvalue weighted by Gasteiger charge is -2.27. The van der Waals surface area contributed by atoms with Crippen LogP contribution < -0.4 is 5.32 Å². The van der Waals surface area contributed by atoms with Crippen LogP contribution in [-0.2, 0) is 9.59 Å². The zero-order chi connectivity index (χ0) is 15.9. The Morgan fingerprint density at radius 2 is 1.95 bits per heavy atom. The predicted octanol–water partition coefficient (Wildman–Crippen LogP) is 0.459. The van der Waals surface area contributed by atoms with Crippen molar-refractivity contribution in [1.29, 1.82) is 0 Å². The Balaban J connectivity index is 2.03. The fourth-order valence-electron chi connectivity index (χ4n) is 2.75. The molecule has 1 fully saturated rings. The van der Waals surface area contributed by atoms with Gasteiger partial charge in [0.15, 0.2) is 0 Å². The number of benzene rings is 1. The highest BCUT2D eigenvalue weighted by Gasteiger charge is 2.45. The summed E-state index contributed by atoms with van der Waals surface area (Å²) in [6.07, 6.45) is 0.246. The number of carbonyl (C=O) groups is 4. The maximum absolute atomic E-state index is 12.6. The lowest BCUT2D eigenvalue weighted by Crippen LogP contribution is -2.54. The highest BCUT2D eigenvalue weighted by atomic mass is 16.2. The summed E-state index contributed by atoms with van der Waals surface area (Å²) in [7, 11) is 0. The quantitative estimate of drug-likeness (QED) is 0.603. The number of amides is 4. The van der Waals surface area contributed by atoms with Gasteiger partial charge in [-0.2, -0.15) is 0 Å². The van der Waals surface area contributed by atoms with E-state index in [1.54, 1.807) is 25.1 Å². The summed E-state index contributed by atoms with van der Waals surface area (Å²) in [5.41, 5.74) is 0.939. The van der Waals surface area contributed by atoms with Gasteiger partial charge in [-0.3, -0.25) is 29.4 Å². The molecule has 4 amide bonds. The summed E-state index contributed by atoms with van der Waals surface area (Å²) in [5, 5.41) is 2.16. The maximum Gasteiger partial charge on any atom is 0.263 e. The SMILES string of the molecule is CC#Cc1cccc2c1C(=O)N(C1CCC(=O)NC1=O)C2=O. The van der Waals surface area contributed by atoms with E-state index in [0.29, 0.717) is 5.56 Å². The molecule has 1 atom stereocenters. The first kappa shape index (κ1) is 14.0. The minimum Gasteiger partial charge on any atom is -0.295 e. The predicted molar refractivity (Wildman–Crippen MR) is 75.7 cm³/mol. The van der Waals surface area contributed by atoms with Crippen molar-refractivity contribution in [1.82, 2.24) is 10.2 Å². The molecule has 6 heteroatoms. The van der Waals surface area contributed by atoms with Gasteiger partial charge in [-0.15, -0.1) is 5.92 Å². The van der Waals surface area contributed by atoms with Crippen molar-refractivity contribution in [2.75, 3.05) is 0 Å². The normalized spacial score (nSPS) is 20.4. The van der Waals surface area contributed by atoms with Crippen molar-refractivity contribution in [3.05, 3.63) is 34.9 Å². The standard InChI is InChI=1S/C16H12N2O4/c1-2-4-9-5-3-6-10-13(9)16(22)18(15(10)21)11-7-8-12(19)17-14(11)20/h3,5-6,11H,7-8H2,1H3,(H,17,19,20). The molecule has 2 aliphatic rings. The molecular formula is C16H12N2O4. The van der Waals surface area contributed by atoms with Crippen LogP contribution in [0, 0.1) is 11.8 Å². The molecule has 22 heavy (non-hydrogen) atoms. The third-order valence-electron chi connectivity index (χ3n) is 3.73. The van der Waals surface area contributed by atoms with Gasteiger partial charge < -0.3 is 0 Å². The van der Waals surface area contributed by atoms with Crippen LogP contribution >= 0.6 is 0 Å². The fraction of sp³-hybridized carbons (Fsp3) is 0.250. The molecule has 1 aromatic rings. The minimum absolute atomic E-state index is 0.103. The van der Waals surface area contributed by atoms with E-state index >= 15 is 0 Å². The number of piperidine rings is 1. The largest absolute Gasteiger partial charge is 0.295 e. The summed E-state index contributed by atoms with van der Waals surface area (Å²) in [4.78, 5) is 49.2. The van der Waals surface area contributed by atoms with Crippen molar-refractivity contribution in [2.24, 2.45) is 0 Å². The van der Waals surface area contributed by atoms with E-state index in [1.165, 1.54) is 0 Å². The number of nitrogens with one attached hydrogen (secondary N) is 1. The highest BCUT2D eigenvalue weighted by Crippen LogP contribution is 2.29. The van der Waals surface area contributed by atoms with E-state index < -0.39 is 29.7 Å². The Kier molecular flexibility index (Phi) is 3.26. The first-order valence-electron chi connectivity index (χ1n) is 6.82. The maximum atomic E-state index is 12.6. The van der Waals surface area contributed by atoms with Crippen LogP contribution in [0.3, 0.4) is 0 Å². The molecule has 110 valence electrons. The van der Waals surface area contributed by atoms with E-state index in [9.17, 15) is 19.2 Å². The molecule has 1 aromatic carbocycles. The lowest BCUT2D eigenvalue weighted by molar-refractivity contribution is -0.136. The number of hydrogen-bond acceptors (Lipinski definition) is 4. The Hall–Kier alpha value is -2.94. The Bertz CT molecular complexity index is 785. The molecule has 0 radical (unpaired) electrons. The molecule has 6 nitrogen and oxygen atoms in total. The summed E-state index contributed by atoms with van der Waals surface area (Å²) >= 11 is 0. The molecule has 2 aliphatic heterocycles. The zero-order valence-electron chi connectivity index (χ0n) is 11.8. The fourth-order valence-corrected chi connectivity index (χ4v) is 2.75. The van der Waals surface area contributed by atoms with Crippen LogP contribution in [0.1, 0.15) is 46.0 Å². The van der Waals surface area contributed by atoms with Crippen LogP contribution in [-0.4, -0.2) is 34.6 Å². The highest BCUT2D eigenvalue weighted by molar-refractivity contribution is 6.24. The minimum atomic E-state index is -0.951. The first-order chi connectivity index (χ1) is 10.5. The van der Waals surface area contributed by atoms with Gasteiger partial charge in [0.25, 0.3) is 11.8 Å². The third kappa shape index (κ3) is 1.99. The second-order valence-corrected chi connectivity index (χ2v) is 5.05. The summed E-state index contributed by atoms with van der Waals surface area (Å²) in [6.45, 7) is 1.64. The van der Waals surface area contributed by atoms with Gasteiger partial charge in [0.2, 0.25) is 11.8 Å². The molecule has 3 rings (SSSR count). The monoisotopic (exact) mass is 296 g/mol. The van der Waals surface area contributed by atoms with E-state index in [4.69, 9.17) is 0 Å². The van der Waals surface area contributed by atoms with Crippen molar-refractivity contribution in [3.63, 3.8) is 0 Å². The van der Waals surface area contributed by atoms with Crippen molar-refractivity contribution < 1.29 is 19.2 Å². The molecule has 1 saturated heterocycles. The first-order valence-corrected chi connectivity index (χ1v) is 6.82. The Morgan fingerprint density at radius 3 is 2.64 bits per heavy atom. The molecule has 1 N–H and O–H groups in total. The molecule has 0 bridgehead atoms. The van der Waals surface area contributed by atoms with Crippen molar-refractivity contribution >= 4 is 23.6 Å². The van der Waals surface area contributed by atoms with Crippen LogP contribution in [0.25, 0.3) is 0 Å². The van der Waals surface area contributed by atoms with Gasteiger partial charge >= 0.3 is 0 Å². The average molecular weight is 296 g/mol. The molecule has 2 heterocycles. The third-order valence-corrected chi connectivity index (χ3v) is 3.73. The summed E-state index contributed by atoms with van der Waals surface area (Å²) in [6, 6.07) is 3.90. The van der Waals surface area contributed by atoms with Gasteiger partial charge in [0.05, 0.1) is 11.1 Å². The van der Waals surface area contributed by atoms with Crippen LogP contribution in [0.5, 0.6) is 0 Å². The van der Waals surface area contributed by atoms with E-state index in [-0.39, 0.29) is 24.0 Å². The number of carbonyl (C=O) groups excluding carboxylic acids is 4. The molecule has 0 aromatic heterocycles. The number of fused-ring (bicyclic) bond motifs is 1. The second kappa shape index (κ2) is 5.11. The molecule has 0 saturated carbocycles. The van der Waals surface area contributed by atoms with Gasteiger partial charge in [0.1, 0.15) is 6.04 Å². The lowest BCUT2D eigenvalue weighted by atomic mass is 10.0. The van der Waals surface area contributed by atoms with Gasteiger partial charge in [0, 0.05) is 12.0 Å². The van der Waals surface area contributed by atoms with Crippen molar-refractivity contribution in [3.8, 4) is 11.8 Å². The van der Waals surface area contributed by atoms with E-state index in [0.717, 1.165) is 4.90 Å². The summed E-state index contributed by atoms with van der Waals surface area (Å²) in [5.74, 6) is 3.43. The number of hydrogen-bond donors (Lipinski definition) is 1. The topological polar surface area (TPSA) is 83.6 Å². The van der Waals surface area contributed by atoms with Gasteiger partial charge in [-0.1, -0.05) is 12.0 Å². The zero-order valence-corrected chi connectivity index (χ0v) is 11.8. The molecule has 0 aliphatic carbocycles. The number of rotatable bonds is 1. The van der Waals surface area contributed by atoms with Crippen LogP contribution in [0.15, 0.2) is 18.2 Å². The molecule has 0 spiro atoms. The second-order valence-electron chi connectivity index (χ2n) is 5.05. The van der Waals surface area contributed by atoms with Crippen LogP contribution in [0.4, 0.5) is 0 Å². The van der Waals surface area contributed by atoms with Crippen molar-refractivity contribution in [2.45, 2.75) is 25.8 Å². The summed E-state index contributed by atoms with van der Waals surface area (Å²) < 4.78 is 0. The smallest absolute Gasteiger partial charge is 0.263 e.